The standard InChI is InChI=1S/C31H23Cl2NO3/c1-19-30-24(17-34(18-36-30)16-21-9-12-26(32)27(33)13-21)15-25-29(35)28(37-31(19)25)14-20-7-10-23(11-8-20)22-5-3-2-4-6-22/h2-15H,16-18H2,1H3/b28-14-. The van der Waals surface area contributed by atoms with Crippen molar-refractivity contribution >= 4 is 35.1 Å². The van der Waals surface area contributed by atoms with Gasteiger partial charge in [-0.3, -0.25) is 9.69 Å². The maximum atomic E-state index is 13.3. The molecule has 0 fully saturated rings. The molecule has 0 spiro atoms. The topological polar surface area (TPSA) is 38.8 Å². The normalized spacial score (nSPS) is 15.8. The summed E-state index contributed by atoms with van der Waals surface area (Å²) in [6.45, 7) is 3.67. The van der Waals surface area contributed by atoms with Crippen molar-refractivity contribution in [2.24, 2.45) is 0 Å². The van der Waals surface area contributed by atoms with Crippen LogP contribution < -0.4 is 9.47 Å². The molecule has 0 radical (unpaired) electrons. The van der Waals surface area contributed by atoms with Gasteiger partial charge in [-0.25, -0.2) is 0 Å². The third-order valence-electron chi connectivity index (χ3n) is 6.71. The highest BCUT2D eigenvalue weighted by Crippen LogP contribution is 2.43. The van der Waals surface area contributed by atoms with Gasteiger partial charge in [0.25, 0.3) is 0 Å². The molecular weight excluding hydrogens is 505 g/mol. The maximum Gasteiger partial charge on any atom is 0.231 e. The Bertz CT molecular complexity index is 1550. The SMILES string of the molecule is Cc1c2c(cc3c1O/C(=C\c1ccc(-c4ccccc4)cc1)C3=O)CN(Cc1ccc(Cl)c(Cl)c1)CO2. The van der Waals surface area contributed by atoms with E-state index in [9.17, 15) is 4.79 Å². The number of hydrogen-bond acceptors (Lipinski definition) is 4. The number of fused-ring (bicyclic) bond motifs is 2. The summed E-state index contributed by atoms with van der Waals surface area (Å²) < 4.78 is 12.2. The molecule has 37 heavy (non-hydrogen) atoms. The van der Waals surface area contributed by atoms with E-state index in [1.54, 1.807) is 12.1 Å². The van der Waals surface area contributed by atoms with Gasteiger partial charge in [-0.1, -0.05) is 83.9 Å². The van der Waals surface area contributed by atoms with Crippen LogP contribution in [-0.2, 0) is 13.1 Å². The fraction of sp³-hybridized carbons (Fsp3) is 0.129. The number of nitrogens with zero attached hydrogens (tertiary/aromatic N) is 1. The van der Waals surface area contributed by atoms with Crippen LogP contribution in [0.2, 0.25) is 10.0 Å². The van der Waals surface area contributed by atoms with E-state index >= 15 is 0 Å². The lowest BCUT2D eigenvalue weighted by atomic mass is 9.99. The number of benzene rings is 4. The van der Waals surface area contributed by atoms with Crippen LogP contribution >= 0.6 is 23.2 Å². The summed E-state index contributed by atoms with van der Waals surface area (Å²) in [5.74, 6) is 1.56. The zero-order valence-electron chi connectivity index (χ0n) is 20.1. The van der Waals surface area contributed by atoms with Gasteiger partial charge >= 0.3 is 0 Å². The minimum Gasteiger partial charge on any atom is -0.477 e. The van der Waals surface area contributed by atoms with Crippen LogP contribution in [0.4, 0.5) is 0 Å². The second-order valence-corrected chi connectivity index (χ2v) is 10.1. The minimum atomic E-state index is -0.116. The molecule has 0 aromatic heterocycles. The zero-order chi connectivity index (χ0) is 25.5. The molecule has 4 aromatic rings. The third-order valence-corrected chi connectivity index (χ3v) is 7.45. The van der Waals surface area contributed by atoms with Crippen LogP contribution in [0.1, 0.15) is 32.6 Å². The van der Waals surface area contributed by atoms with E-state index in [0.29, 0.717) is 46.9 Å². The van der Waals surface area contributed by atoms with Gasteiger partial charge in [0, 0.05) is 24.2 Å². The van der Waals surface area contributed by atoms with E-state index in [1.165, 1.54) is 0 Å². The molecule has 0 saturated heterocycles. The summed E-state index contributed by atoms with van der Waals surface area (Å²) in [4.78, 5) is 15.4. The van der Waals surface area contributed by atoms with Gasteiger partial charge in [0.15, 0.2) is 5.76 Å². The van der Waals surface area contributed by atoms with E-state index in [4.69, 9.17) is 32.7 Å². The third kappa shape index (κ3) is 4.64. The molecule has 184 valence electrons. The predicted octanol–water partition coefficient (Wildman–Crippen LogP) is 7.94. The Hall–Kier alpha value is -3.57. The monoisotopic (exact) mass is 527 g/mol. The van der Waals surface area contributed by atoms with Crippen LogP contribution in [0, 0.1) is 6.92 Å². The van der Waals surface area contributed by atoms with Gasteiger partial charge < -0.3 is 9.47 Å². The van der Waals surface area contributed by atoms with Gasteiger partial charge in [-0.2, -0.15) is 0 Å². The molecular formula is C31H23Cl2NO3. The minimum absolute atomic E-state index is 0.116. The molecule has 0 saturated carbocycles. The second-order valence-electron chi connectivity index (χ2n) is 9.30. The van der Waals surface area contributed by atoms with E-state index in [1.807, 2.05) is 55.5 Å². The smallest absolute Gasteiger partial charge is 0.231 e. The molecule has 0 bridgehead atoms. The van der Waals surface area contributed by atoms with E-state index in [-0.39, 0.29) is 5.78 Å². The van der Waals surface area contributed by atoms with Crippen molar-refractivity contribution in [1.82, 2.24) is 4.90 Å². The van der Waals surface area contributed by atoms with Crippen LogP contribution in [-0.4, -0.2) is 17.4 Å². The van der Waals surface area contributed by atoms with Crippen molar-refractivity contribution in [2.75, 3.05) is 6.73 Å². The lowest BCUT2D eigenvalue weighted by Gasteiger charge is -2.30. The predicted molar refractivity (Wildman–Crippen MR) is 147 cm³/mol. The Morgan fingerprint density at radius 2 is 1.65 bits per heavy atom. The number of ether oxygens (including phenoxy) is 2. The Labute approximate surface area is 225 Å². The quantitative estimate of drug-likeness (QED) is 0.252. The molecule has 0 aliphatic carbocycles. The van der Waals surface area contributed by atoms with E-state index in [2.05, 4.69) is 29.2 Å². The van der Waals surface area contributed by atoms with Crippen LogP contribution in [0.5, 0.6) is 11.5 Å². The Morgan fingerprint density at radius 1 is 0.892 bits per heavy atom. The number of rotatable bonds is 4. The first-order valence-electron chi connectivity index (χ1n) is 12.0. The lowest BCUT2D eigenvalue weighted by molar-refractivity contribution is 0.0876. The zero-order valence-corrected chi connectivity index (χ0v) is 21.6. The number of ketones is 1. The van der Waals surface area contributed by atoms with Crippen molar-refractivity contribution < 1.29 is 14.3 Å². The molecule has 0 unspecified atom stereocenters. The molecule has 4 nitrogen and oxygen atoms in total. The average Bonchev–Trinajstić information content (AvgIpc) is 3.22. The number of Topliss-reactive ketones (excluding diaryl/α,β-unsaturated/α-hetero) is 1. The van der Waals surface area contributed by atoms with Crippen LogP contribution in [0.3, 0.4) is 0 Å². The first-order chi connectivity index (χ1) is 18.0. The Kier molecular flexibility index (Phi) is 6.25. The van der Waals surface area contributed by atoms with Crippen LogP contribution in [0.15, 0.2) is 84.6 Å². The maximum absolute atomic E-state index is 13.3. The fourth-order valence-corrected chi connectivity index (χ4v) is 5.17. The second kappa shape index (κ2) is 9.71. The molecule has 6 heteroatoms. The molecule has 2 heterocycles. The Morgan fingerprint density at radius 3 is 2.41 bits per heavy atom. The van der Waals surface area contributed by atoms with Crippen molar-refractivity contribution in [3.05, 3.63) is 122 Å². The molecule has 2 aliphatic rings. The summed E-state index contributed by atoms with van der Waals surface area (Å²) in [6, 6.07) is 25.8. The number of carbonyl (C=O) groups is 1. The summed E-state index contributed by atoms with van der Waals surface area (Å²) in [7, 11) is 0. The molecule has 0 N–H and O–H groups in total. The van der Waals surface area contributed by atoms with Gasteiger partial charge in [-0.15, -0.1) is 0 Å². The molecule has 6 rings (SSSR count). The van der Waals surface area contributed by atoms with Crippen molar-refractivity contribution in [1.29, 1.82) is 0 Å². The highest BCUT2D eigenvalue weighted by molar-refractivity contribution is 6.42. The summed E-state index contributed by atoms with van der Waals surface area (Å²) in [5, 5.41) is 1.06. The summed E-state index contributed by atoms with van der Waals surface area (Å²) in [6.07, 6.45) is 1.80. The molecule has 0 atom stereocenters. The number of allylic oxidation sites excluding steroid dienone is 1. The van der Waals surface area contributed by atoms with Gasteiger partial charge in [0.2, 0.25) is 5.78 Å². The molecule has 0 amide bonds. The van der Waals surface area contributed by atoms with E-state index in [0.717, 1.165) is 39.1 Å². The number of hydrogen-bond donors (Lipinski definition) is 0. The number of halogens is 2. The highest BCUT2D eigenvalue weighted by Gasteiger charge is 2.33. The van der Waals surface area contributed by atoms with Gasteiger partial charge in [0.05, 0.1) is 15.6 Å². The van der Waals surface area contributed by atoms with E-state index < -0.39 is 0 Å². The van der Waals surface area contributed by atoms with Gasteiger partial charge in [0.1, 0.15) is 18.2 Å². The largest absolute Gasteiger partial charge is 0.477 e. The summed E-state index contributed by atoms with van der Waals surface area (Å²) in [5.41, 5.74) is 6.60. The molecule has 4 aromatic carbocycles. The highest BCUT2D eigenvalue weighted by atomic mass is 35.5. The first-order valence-corrected chi connectivity index (χ1v) is 12.8. The van der Waals surface area contributed by atoms with Crippen LogP contribution in [0.25, 0.3) is 17.2 Å². The van der Waals surface area contributed by atoms with Crippen molar-refractivity contribution in [3.8, 4) is 22.6 Å². The summed E-state index contributed by atoms with van der Waals surface area (Å²) >= 11 is 12.2. The first kappa shape index (κ1) is 23.8. The van der Waals surface area contributed by atoms with Gasteiger partial charge in [-0.05, 0) is 53.5 Å². The molecule has 2 aliphatic heterocycles. The average molecular weight is 528 g/mol. The van der Waals surface area contributed by atoms with Crippen molar-refractivity contribution in [3.63, 3.8) is 0 Å². The Balaban J connectivity index is 1.23. The lowest BCUT2D eigenvalue weighted by Crippen LogP contribution is -2.32. The fourth-order valence-electron chi connectivity index (χ4n) is 4.85. The number of carbonyl (C=O) groups excluding carboxylic acids is 1. The van der Waals surface area contributed by atoms with Crippen molar-refractivity contribution in [2.45, 2.75) is 20.0 Å².